The lowest BCUT2D eigenvalue weighted by Gasteiger charge is -2.32. The molecule has 83 heavy (non-hydrogen) atoms. The van der Waals surface area contributed by atoms with Crippen LogP contribution in [0.1, 0.15) is 151 Å². The third-order valence-corrected chi connectivity index (χ3v) is 14.1. The van der Waals surface area contributed by atoms with Crippen molar-refractivity contribution in [2.75, 3.05) is 41.5 Å². The molecule has 2 aromatic heterocycles. The van der Waals surface area contributed by atoms with Crippen molar-refractivity contribution in [2.24, 2.45) is 0 Å². The second kappa shape index (κ2) is 31.0. The standard InChI is InChI=1S/C33H38N4O.C30H34N4.C7H16O3.ClH/c1-8-38-33-36(31-32(35-16-15-34-31)37(33)27-18-23(6)17-24(7)19-27)26-12-9-11-25(20-26)30-28(21(2)3)13-10-14-29(30)22(4)5;1-19(2)26-11-8-12-27(20(3)4)28(26)23-9-7-10-24(18-23)33-29-30(32-14-13-31-29)34-25-16-21(5)15-22(6)17-25;1-4-8-7(9-5-2)10-6-3;/h9-22,33H,8H2,1-7H3;7-20H,1-6H3,(H,31,33)(H,32,34);7H,4-6H2,1-3H3;1H. The molecule has 0 saturated carbocycles. The highest BCUT2D eigenvalue weighted by atomic mass is 35.5. The first-order valence-corrected chi connectivity index (χ1v) is 29.4. The van der Waals surface area contributed by atoms with Gasteiger partial charge in [0.1, 0.15) is 5.69 Å². The molecule has 1 unspecified atom stereocenters. The van der Waals surface area contributed by atoms with Crippen LogP contribution in [-0.2, 0) is 18.9 Å². The Morgan fingerprint density at radius 1 is 0.470 bits per heavy atom. The van der Waals surface area contributed by atoms with Gasteiger partial charge in [-0.25, -0.2) is 15.0 Å². The van der Waals surface area contributed by atoms with Crippen LogP contribution in [0.25, 0.3) is 22.3 Å². The summed E-state index contributed by atoms with van der Waals surface area (Å²) in [5.74, 6) is 4.91. The molecule has 1 atom stereocenters. The number of fused-ring (bicyclic) bond motifs is 1. The van der Waals surface area contributed by atoms with E-state index in [-0.39, 0.29) is 12.4 Å². The number of aromatic nitrogens is 4. The van der Waals surface area contributed by atoms with E-state index in [1.807, 2.05) is 27.7 Å². The van der Waals surface area contributed by atoms with E-state index in [1.54, 1.807) is 24.8 Å². The predicted molar refractivity (Wildman–Crippen MR) is 339 cm³/mol. The number of nitrogens with two attached hydrogens (primary N) is 1. The minimum atomic E-state index is -0.472. The van der Waals surface area contributed by atoms with Gasteiger partial charge in [-0.2, -0.15) is 4.98 Å². The fraction of sp³-hybridized carbons (Fsp3) is 0.371. The lowest BCUT2D eigenvalue weighted by atomic mass is 9.85. The zero-order valence-corrected chi connectivity index (χ0v) is 52.7. The van der Waals surface area contributed by atoms with E-state index in [0.29, 0.717) is 50.1 Å². The fourth-order valence-electron chi connectivity index (χ4n) is 10.7. The smallest absolute Gasteiger partial charge is 0.273 e. The van der Waals surface area contributed by atoms with E-state index < -0.39 is 12.8 Å². The zero-order valence-electron chi connectivity index (χ0n) is 51.9. The van der Waals surface area contributed by atoms with Crippen LogP contribution in [0, 0.1) is 27.7 Å². The van der Waals surface area contributed by atoms with Gasteiger partial charge >= 0.3 is 0 Å². The maximum absolute atomic E-state index is 6.44. The summed E-state index contributed by atoms with van der Waals surface area (Å²) in [5, 5.41) is 5.57. The van der Waals surface area contributed by atoms with Crippen molar-refractivity contribution in [1.29, 1.82) is 0 Å². The Labute approximate surface area is 501 Å². The van der Waals surface area contributed by atoms with Gasteiger partial charge in [0.05, 0.1) is 6.20 Å². The Balaban J connectivity index is 0.000000228. The topological polar surface area (TPSA) is 124 Å². The van der Waals surface area contributed by atoms with Gasteiger partial charge in [-0.3, -0.25) is 15.1 Å². The quantitative estimate of drug-likeness (QED) is 0.0560. The predicted octanol–water partition coefficient (Wildman–Crippen LogP) is 14.3. The van der Waals surface area contributed by atoms with Crippen molar-refractivity contribution in [3.63, 3.8) is 0 Å². The van der Waals surface area contributed by atoms with Crippen molar-refractivity contribution in [3.8, 4) is 22.3 Å². The fourth-order valence-corrected chi connectivity index (χ4v) is 10.7. The summed E-state index contributed by atoms with van der Waals surface area (Å²) in [6, 6.07) is 44.0. The molecule has 0 fully saturated rings. The number of hydrogen-bond acceptors (Lipinski definition) is 11. The molecule has 3 heterocycles. The highest BCUT2D eigenvalue weighted by Crippen LogP contribution is 2.47. The molecule has 0 aliphatic carbocycles. The highest BCUT2D eigenvalue weighted by Gasteiger charge is 2.41. The lowest BCUT2D eigenvalue weighted by molar-refractivity contribution is -0.482. The normalized spacial score (nSPS) is 12.8. The Morgan fingerprint density at radius 3 is 1.36 bits per heavy atom. The minimum Gasteiger partial charge on any atom is -1.00 e. The molecule has 0 bridgehead atoms. The van der Waals surface area contributed by atoms with Gasteiger partial charge in [0.15, 0.2) is 11.6 Å². The summed E-state index contributed by atoms with van der Waals surface area (Å²) in [7, 11) is 0. The molecule has 0 amide bonds. The molecule has 0 saturated heterocycles. The average molecular weight is 1140 g/mol. The number of rotatable bonds is 20. The summed E-state index contributed by atoms with van der Waals surface area (Å²) in [5.41, 5.74) is 19.7. The van der Waals surface area contributed by atoms with Crippen LogP contribution in [0.2, 0.25) is 0 Å². The molecule has 0 spiro atoms. The van der Waals surface area contributed by atoms with Crippen LogP contribution in [0.5, 0.6) is 0 Å². The van der Waals surface area contributed by atoms with E-state index in [1.165, 1.54) is 66.8 Å². The van der Waals surface area contributed by atoms with Crippen LogP contribution in [0.15, 0.2) is 146 Å². The minimum absolute atomic E-state index is 0. The highest BCUT2D eigenvalue weighted by molar-refractivity contribution is 5.85. The summed E-state index contributed by atoms with van der Waals surface area (Å²) >= 11 is 0. The third kappa shape index (κ3) is 16.6. The van der Waals surface area contributed by atoms with Crippen LogP contribution in [-0.4, -0.2) is 59.2 Å². The van der Waals surface area contributed by atoms with Crippen molar-refractivity contribution in [3.05, 3.63) is 191 Å². The maximum atomic E-state index is 6.44. The molecule has 3 N–H and O–H groups in total. The second-order valence-corrected chi connectivity index (χ2v) is 22.1. The van der Waals surface area contributed by atoms with Gasteiger partial charge < -0.3 is 36.7 Å². The van der Waals surface area contributed by atoms with Crippen LogP contribution in [0.3, 0.4) is 0 Å². The maximum Gasteiger partial charge on any atom is 0.273 e. The number of halogens is 1. The number of nitrogens with zero attached hydrogens (tertiary/aromatic N) is 6. The van der Waals surface area contributed by atoms with Crippen LogP contribution >= 0.6 is 0 Å². The average Bonchev–Trinajstić information content (AvgIpc) is 2.22. The summed E-state index contributed by atoms with van der Waals surface area (Å²) in [4.78, 5) is 23.1. The third-order valence-electron chi connectivity index (χ3n) is 14.1. The van der Waals surface area contributed by atoms with E-state index in [9.17, 15) is 0 Å². The molecule has 1 aliphatic heterocycles. The molecule has 440 valence electrons. The molecule has 13 heteroatoms. The summed E-state index contributed by atoms with van der Waals surface area (Å²) in [6.45, 7) is 36.3. The largest absolute Gasteiger partial charge is 1.00 e. The van der Waals surface area contributed by atoms with E-state index in [4.69, 9.17) is 28.9 Å². The van der Waals surface area contributed by atoms with Crippen molar-refractivity contribution in [1.82, 2.24) is 19.9 Å². The molecule has 1 aliphatic rings. The summed E-state index contributed by atoms with van der Waals surface area (Å²) in [6.07, 6.45) is 6.58. The molecule has 12 nitrogen and oxygen atoms in total. The Kier molecular flexibility index (Phi) is 24.4. The number of aryl methyl sites for hydroxylation is 4. The molecule has 9 rings (SSSR count). The first-order chi connectivity index (χ1) is 39.5. The van der Waals surface area contributed by atoms with E-state index >= 15 is 0 Å². The van der Waals surface area contributed by atoms with Gasteiger partial charge in [0.25, 0.3) is 12.3 Å². The number of quaternary nitrogens is 1. The monoisotopic (exact) mass is 1140 g/mol. The first-order valence-electron chi connectivity index (χ1n) is 29.4. The van der Waals surface area contributed by atoms with E-state index in [2.05, 4.69) is 235 Å². The van der Waals surface area contributed by atoms with Gasteiger partial charge in [-0.1, -0.05) is 128 Å². The number of nitrogens with one attached hydrogen (secondary N) is 1. The molecule has 0 radical (unpaired) electrons. The SMILES string of the molecule is CCOC(OCC)OCC.CCOC1N(c2cc(C)cc(C)c2)c2nccnc2N1c1cccc(-c2c(C(C)C)cccc2C(C)C)c1.Cc1cc(C)cc(Nc2nccnc2[NH2+]c2cccc(-c3c(C(C)C)cccc3C(C)C)c2)c1.[Cl-]. The number of anilines is 6. The Hall–Kier alpha value is -7.03. The van der Waals surface area contributed by atoms with Gasteiger partial charge in [0.2, 0.25) is 12.2 Å². The van der Waals surface area contributed by atoms with Gasteiger partial charge in [0, 0.05) is 68.1 Å². The Morgan fingerprint density at radius 2 is 0.892 bits per heavy atom. The number of hydrogen-bond donors (Lipinski definition) is 2. The zero-order chi connectivity index (χ0) is 59.0. The van der Waals surface area contributed by atoms with Gasteiger partial charge in [-0.05, 0) is 188 Å². The summed E-state index contributed by atoms with van der Waals surface area (Å²) < 4.78 is 21.7. The number of benzene rings is 6. The first kappa shape index (κ1) is 65.1. The van der Waals surface area contributed by atoms with Crippen LogP contribution < -0.4 is 32.8 Å². The van der Waals surface area contributed by atoms with Crippen molar-refractivity contribution in [2.45, 2.75) is 147 Å². The molecular formula is C70H89ClN8O4. The van der Waals surface area contributed by atoms with Crippen molar-refractivity contribution < 1.29 is 36.7 Å². The molecular weight excluding hydrogens is 1050 g/mol. The van der Waals surface area contributed by atoms with Crippen molar-refractivity contribution >= 4 is 46.0 Å². The van der Waals surface area contributed by atoms with E-state index in [0.717, 1.165) is 46.0 Å². The molecule has 8 aromatic rings. The Bertz CT molecular complexity index is 3240. The van der Waals surface area contributed by atoms with Gasteiger partial charge in [-0.15, -0.1) is 0 Å². The second-order valence-electron chi connectivity index (χ2n) is 22.1. The van der Waals surface area contributed by atoms with Crippen LogP contribution in [0.4, 0.5) is 46.0 Å². The lowest BCUT2D eigenvalue weighted by Crippen LogP contribution is -3.00. The molecule has 6 aromatic carbocycles. The number of ether oxygens (including phenoxy) is 4.